The van der Waals surface area contributed by atoms with Crippen LogP contribution < -0.4 is 14.8 Å². The van der Waals surface area contributed by atoms with Crippen LogP contribution in [0, 0.1) is 0 Å². The van der Waals surface area contributed by atoms with Gasteiger partial charge in [0.15, 0.2) is 11.5 Å². The van der Waals surface area contributed by atoms with Gasteiger partial charge in [0.05, 0.1) is 0 Å². The Balaban J connectivity index is 1.64. The summed E-state index contributed by atoms with van der Waals surface area (Å²) in [5.41, 5.74) is 0. The first-order valence-electron chi connectivity index (χ1n) is 7.97. The molecule has 114 valence electrons. The molecule has 1 aliphatic carbocycles. The summed E-state index contributed by atoms with van der Waals surface area (Å²) in [5, 5.41) is 3.15. The normalized spacial score (nSPS) is 26.0. The molecule has 0 bridgehead atoms. The highest BCUT2D eigenvalue weighted by Crippen LogP contribution is 2.33. The van der Waals surface area contributed by atoms with Crippen molar-refractivity contribution >= 4 is 5.91 Å². The first kappa shape index (κ1) is 14.2. The maximum Gasteiger partial charge on any atom is 0.265 e. The number of hydrogen-bond acceptors (Lipinski definition) is 3. The minimum Gasteiger partial charge on any atom is -0.482 e. The van der Waals surface area contributed by atoms with Gasteiger partial charge in [0.2, 0.25) is 6.10 Å². The lowest BCUT2D eigenvalue weighted by molar-refractivity contribution is -0.134. The van der Waals surface area contributed by atoms with Crippen molar-refractivity contribution in [3.8, 4) is 11.5 Å². The smallest absolute Gasteiger partial charge is 0.265 e. The molecule has 3 rings (SSSR count). The number of amides is 1. The van der Waals surface area contributed by atoms with Crippen molar-refractivity contribution < 1.29 is 14.3 Å². The van der Waals surface area contributed by atoms with Crippen molar-refractivity contribution in [1.29, 1.82) is 0 Å². The van der Waals surface area contributed by atoms with Crippen LogP contribution in [0.2, 0.25) is 0 Å². The Morgan fingerprint density at radius 1 is 1.05 bits per heavy atom. The molecule has 1 aromatic rings. The Hall–Kier alpha value is -1.71. The van der Waals surface area contributed by atoms with Crippen LogP contribution in [0.3, 0.4) is 0 Å². The lowest BCUT2D eigenvalue weighted by Gasteiger charge is -2.32. The fourth-order valence-electron chi connectivity index (χ4n) is 3.11. The maximum atomic E-state index is 12.5. The van der Waals surface area contributed by atoms with Gasteiger partial charge in [0, 0.05) is 6.04 Å². The van der Waals surface area contributed by atoms with E-state index in [-0.39, 0.29) is 18.1 Å². The van der Waals surface area contributed by atoms with Gasteiger partial charge in [-0.15, -0.1) is 0 Å². The zero-order chi connectivity index (χ0) is 14.7. The number of carbonyl (C=O) groups is 1. The topological polar surface area (TPSA) is 47.6 Å². The van der Waals surface area contributed by atoms with Gasteiger partial charge in [0.1, 0.15) is 6.10 Å². The number of benzene rings is 1. The minimum absolute atomic E-state index is 0.0519. The van der Waals surface area contributed by atoms with Gasteiger partial charge in [-0.05, 0) is 31.9 Å². The van der Waals surface area contributed by atoms with Gasteiger partial charge in [-0.2, -0.15) is 0 Å². The zero-order valence-electron chi connectivity index (χ0n) is 12.5. The van der Waals surface area contributed by atoms with E-state index < -0.39 is 6.10 Å². The van der Waals surface area contributed by atoms with E-state index >= 15 is 0 Å². The molecule has 0 spiro atoms. The lowest BCUT2D eigenvalue weighted by atomic mass is 10.1. The van der Waals surface area contributed by atoms with Crippen molar-refractivity contribution in [2.75, 3.05) is 0 Å². The summed E-state index contributed by atoms with van der Waals surface area (Å²) < 4.78 is 11.6. The van der Waals surface area contributed by atoms with Gasteiger partial charge in [-0.1, -0.05) is 37.8 Å². The third kappa shape index (κ3) is 3.31. The number of carbonyl (C=O) groups excluding carboxylic acids is 1. The van der Waals surface area contributed by atoms with Gasteiger partial charge in [-0.25, -0.2) is 0 Å². The van der Waals surface area contributed by atoms with Crippen LogP contribution in [0.5, 0.6) is 11.5 Å². The Morgan fingerprint density at radius 3 is 2.33 bits per heavy atom. The Labute approximate surface area is 125 Å². The number of rotatable bonds is 2. The zero-order valence-corrected chi connectivity index (χ0v) is 12.5. The molecule has 1 saturated carbocycles. The molecule has 0 radical (unpaired) electrons. The van der Waals surface area contributed by atoms with Crippen LogP contribution in [0.1, 0.15) is 45.4 Å². The molecule has 0 saturated heterocycles. The van der Waals surface area contributed by atoms with Crippen molar-refractivity contribution in [2.24, 2.45) is 0 Å². The Morgan fingerprint density at radius 2 is 1.67 bits per heavy atom. The van der Waals surface area contributed by atoms with E-state index in [9.17, 15) is 4.79 Å². The van der Waals surface area contributed by atoms with Crippen LogP contribution in [-0.2, 0) is 4.79 Å². The highest BCUT2D eigenvalue weighted by Gasteiger charge is 2.34. The molecular weight excluding hydrogens is 266 g/mol. The molecule has 1 aliphatic heterocycles. The second-order valence-corrected chi connectivity index (χ2v) is 6.01. The number of hydrogen-bond donors (Lipinski definition) is 1. The molecule has 1 aromatic carbocycles. The highest BCUT2D eigenvalue weighted by atomic mass is 16.6. The van der Waals surface area contributed by atoms with E-state index in [4.69, 9.17) is 9.47 Å². The minimum atomic E-state index is -0.567. The fourth-order valence-corrected chi connectivity index (χ4v) is 3.11. The molecule has 1 N–H and O–H groups in total. The van der Waals surface area contributed by atoms with Crippen molar-refractivity contribution in [3.05, 3.63) is 24.3 Å². The molecule has 1 heterocycles. The van der Waals surface area contributed by atoms with E-state index in [1.54, 1.807) is 0 Å². The quantitative estimate of drug-likeness (QED) is 0.851. The van der Waals surface area contributed by atoms with Crippen molar-refractivity contribution in [2.45, 2.75) is 63.7 Å². The average Bonchev–Trinajstić information content (AvgIpc) is 2.75. The first-order chi connectivity index (χ1) is 10.2. The molecule has 0 aromatic heterocycles. The summed E-state index contributed by atoms with van der Waals surface area (Å²) in [6, 6.07) is 7.78. The van der Waals surface area contributed by atoms with Crippen LogP contribution in [-0.4, -0.2) is 24.2 Å². The van der Waals surface area contributed by atoms with Gasteiger partial charge in [-0.3, -0.25) is 4.79 Å². The molecular formula is C17H23NO3. The number of nitrogens with one attached hydrogen (secondary N) is 1. The second-order valence-electron chi connectivity index (χ2n) is 6.01. The Bertz CT molecular complexity index is 495. The molecule has 1 amide bonds. The third-order valence-corrected chi connectivity index (χ3v) is 4.30. The summed E-state index contributed by atoms with van der Waals surface area (Å²) in [6.07, 6.45) is 6.26. The largest absolute Gasteiger partial charge is 0.482 e. The number of fused-ring (bicyclic) bond motifs is 1. The third-order valence-electron chi connectivity index (χ3n) is 4.30. The monoisotopic (exact) mass is 289 g/mol. The SMILES string of the molecule is C[C@H]1Oc2ccccc2O[C@@H]1C(=O)NC1CCCCCC1. The predicted octanol–water partition coefficient (Wildman–Crippen LogP) is 3.05. The van der Waals surface area contributed by atoms with E-state index in [1.807, 2.05) is 31.2 Å². The standard InChI is InChI=1S/C17H23NO3/c1-12-16(21-15-11-7-6-10-14(15)20-12)17(19)18-13-8-4-2-3-5-9-13/h6-7,10-13,16H,2-5,8-9H2,1H3,(H,18,19)/t12-,16+/m1/s1. The maximum absolute atomic E-state index is 12.5. The molecule has 2 atom stereocenters. The molecule has 4 nitrogen and oxygen atoms in total. The van der Waals surface area contributed by atoms with Gasteiger partial charge >= 0.3 is 0 Å². The van der Waals surface area contributed by atoms with E-state index in [1.165, 1.54) is 25.7 Å². The van der Waals surface area contributed by atoms with Crippen molar-refractivity contribution in [3.63, 3.8) is 0 Å². The van der Waals surface area contributed by atoms with Crippen LogP contribution >= 0.6 is 0 Å². The average molecular weight is 289 g/mol. The number of para-hydroxylation sites is 2. The molecule has 4 heteroatoms. The van der Waals surface area contributed by atoms with Crippen molar-refractivity contribution in [1.82, 2.24) is 5.32 Å². The van der Waals surface area contributed by atoms with Gasteiger partial charge < -0.3 is 14.8 Å². The van der Waals surface area contributed by atoms with E-state index in [2.05, 4.69) is 5.32 Å². The summed E-state index contributed by atoms with van der Waals surface area (Å²) in [4.78, 5) is 12.5. The summed E-state index contributed by atoms with van der Waals surface area (Å²) in [7, 11) is 0. The summed E-state index contributed by atoms with van der Waals surface area (Å²) in [6.45, 7) is 1.88. The molecule has 21 heavy (non-hydrogen) atoms. The lowest BCUT2D eigenvalue weighted by Crippen LogP contribution is -2.51. The van der Waals surface area contributed by atoms with E-state index in [0.29, 0.717) is 11.5 Å². The fraction of sp³-hybridized carbons (Fsp3) is 0.588. The van der Waals surface area contributed by atoms with E-state index in [0.717, 1.165) is 12.8 Å². The molecule has 0 unspecified atom stereocenters. The second kappa shape index (κ2) is 6.37. The molecule has 1 fully saturated rings. The summed E-state index contributed by atoms with van der Waals surface area (Å²) >= 11 is 0. The highest BCUT2D eigenvalue weighted by molar-refractivity contribution is 5.82. The Kier molecular flexibility index (Phi) is 4.32. The molecule has 2 aliphatic rings. The van der Waals surface area contributed by atoms with Gasteiger partial charge in [0.25, 0.3) is 5.91 Å². The van der Waals surface area contributed by atoms with Crippen LogP contribution in [0.4, 0.5) is 0 Å². The first-order valence-corrected chi connectivity index (χ1v) is 7.97. The predicted molar refractivity (Wildman–Crippen MR) is 80.6 cm³/mol. The van der Waals surface area contributed by atoms with Crippen LogP contribution in [0.25, 0.3) is 0 Å². The number of ether oxygens (including phenoxy) is 2. The summed E-state index contributed by atoms with van der Waals surface area (Å²) in [5.74, 6) is 1.31. The van der Waals surface area contributed by atoms with Crippen LogP contribution in [0.15, 0.2) is 24.3 Å².